The quantitative estimate of drug-likeness (QED) is 0.905. The van der Waals surface area contributed by atoms with Crippen molar-refractivity contribution < 1.29 is 4.79 Å². The van der Waals surface area contributed by atoms with Crippen LogP contribution in [-0.4, -0.2) is 20.4 Å². The van der Waals surface area contributed by atoms with Crippen LogP contribution in [0.15, 0.2) is 30.7 Å². The summed E-state index contributed by atoms with van der Waals surface area (Å²) in [5, 5.41) is 2.97. The molecular formula is C11H11ClN4O. The molecular weight excluding hydrogens is 240 g/mol. The number of carbonyl (C=O) groups is 1. The van der Waals surface area contributed by atoms with E-state index in [0.717, 1.165) is 5.56 Å². The van der Waals surface area contributed by atoms with Crippen LogP contribution in [0.3, 0.4) is 0 Å². The van der Waals surface area contributed by atoms with Gasteiger partial charge in [-0.3, -0.25) is 4.79 Å². The van der Waals surface area contributed by atoms with Gasteiger partial charge in [0.2, 0.25) is 11.2 Å². The van der Waals surface area contributed by atoms with Crippen molar-refractivity contribution in [3.05, 3.63) is 41.6 Å². The number of hydrogen-bond donors (Lipinski definition) is 1. The van der Waals surface area contributed by atoms with E-state index in [1.54, 1.807) is 29.2 Å². The number of aryl methyl sites for hydroxylation is 1. The first-order valence-corrected chi connectivity index (χ1v) is 5.42. The van der Waals surface area contributed by atoms with Gasteiger partial charge in [0.15, 0.2) is 0 Å². The SMILES string of the molecule is Cc1ccc(NC(=O)Cn2ccnc2Cl)nc1. The number of pyridine rings is 1. The van der Waals surface area contributed by atoms with Crippen molar-refractivity contribution in [2.24, 2.45) is 0 Å². The first-order valence-electron chi connectivity index (χ1n) is 5.04. The van der Waals surface area contributed by atoms with Gasteiger partial charge in [0, 0.05) is 18.6 Å². The van der Waals surface area contributed by atoms with Gasteiger partial charge in [0.1, 0.15) is 12.4 Å². The van der Waals surface area contributed by atoms with E-state index in [9.17, 15) is 4.79 Å². The third kappa shape index (κ3) is 3.04. The molecule has 0 aromatic carbocycles. The van der Waals surface area contributed by atoms with Crippen LogP contribution in [0.2, 0.25) is 5.28 Å². The highest BCUT2D eigenvalue weighted by atomic mass is 35.5. The van der Waals surface area contributed by atoms with Crippen molar-refractivity contribution in [1.29, 1.82) is 0 Å². The summed E-state index contributed by atoms with van der Waals surface area (Å²) in [5.74, 6) is 0.332. The molecule has 88 valence electrons. The molecule has 6 heteroatoms. The summed E-state index contributed by atoms with van der Waals surface area (Å²) in [6.45, 7) is 2.05. The molecule has 0 fully saturated rings. The minimum atomic E-state index is -0.193. The Morgan fingerprint density at radius 2 is 2.29 bits per heavy atom. The van der Waals surface area contributed by atoms with Crippen molar-refractivity contribution in [3.8, 4) is 0 Å². The first-order chi connectivity index (χ1) is 8.15. The standard InChI is InChI=1S/C11H11ClN4O/c1-8-2-3-9(14-6-8)15-10(17)7-16-5-4-13-11(16)12/h2-6H,7H2,1H3,(H,14,15,17). The van der Waals surface area contributed by atoms with Crippen LogP contribution in [-0.2, 0) is 11.3 Å². The molecule has 0 aliphatic carbocycles. The van der Waals surface area contributed by atoms with Crippen LogP contribution < -0.4 is 5.32 Å². The number of carbonyl (C=O) groups excluding carboxylic acids is 1. The summed E-state index contributed by atoms with van der Waals surface area (Å²) in [4.78, 5) is 19.6. The van der Waals surface area contributed by atoms with Crippen molar-refractivity contribution in [3.63, 3.8) is 0 Å². The van der Waals surface area contributed by atoms with E-state index in [1.807, 2.05) is 13.0 Å². The largest absolute Gasteiger partial charge is 0.312 e. The number of anilines is 1. The van der Waals surface area contributed by atoms with Gasteiger partial charge in [-0.1, -0.05) is 6.07 Å². The molecule has 0 saturated carbocycles. The van der Waals surface area contributed by atoms with Gasteiger partial charge in [-0.05, 0) is 30.2 Å². The molecule has 2 aromatic heterocycles. The predicted molar refractivity (Wildman–Crippen MR) is 64.8 cm³/mol. The number of imidazole rings is 1. The Labute approximate surface area is 103 Å². The smallest absolute Gasteiger partial charge is 0.245 e. The molecule has 0 spiro atoms. The molecule has 0 atom stereocenters. The maximum Gasteiger partial charge on any atom is 0.245 e. The van der Waals surface area contributed by atoms with Crippen LogP contribution in [0.1, 0.15) is 5.56 Å². The van der Waals surface area contributed by atoms with E-state index in [-0.39, 0.29) is 17.7 Å². The fourth-order valence-electron chi connectivity index (χ4n) is 1.31. The summed E-state index contributed by atoms with van der Waals surface area (Å²) < 4.78 is 1.55. The lowest BCUT2D eigenvalue weighted by atomic mass is 10.3. The van der Waals surface area contributed by atoms with Crippen molar-refractivity contribution in [1.82, 2.24) is 14.5 Å². The van der Waals surface area contributed by atoms with Gasteiger partial charge in [0.05, 0.1) is 0 Å². The van der Waals surface area contributed by atoms with Gasteiger partial charge in [-0.2, -0.15) is 0 Å². The molecule has 2 heterocycles. The fraction of sp³-hybridized carbons (Fsp3) is 0.182. The highest BCUT2D eigenvalue weighted by Crippen LogP contribution is 2.06. The molecule has 1 N–H and O–H groups in total. The van der Waals surface area contributed by atoms with E-state index in [4.69, 9.17) is 11.6 Å². The average molecular weight is 251 g/mol. The minimum Gasteiger partial charge on any atom is -0.312 e. The molecule has 0 unspecified atom stereocenters. The third-order valence-corrected chi connectivity index (χ3v) is 2.47. The van der Waals surface area contributed by atoms with Crippen molar-refractivity contribution in [2.45, 2.75) is 13.5 Å². The molecule has 17 heavy (non-hydrogen) atoms. The summed E-state index contributed by atoms with van der Waals surface area (Å²) in [6, 6.07) is 3.63. The average Bonchev–Trinajstić information content (AvgIpc) is 2.68. The van der Waals surface area contributed by atoms with Gasteiger partial charge in [0.25, 0.3) is 0 Å². The second kappa shape index (κ2) is 4.97. The zero-order valence-electron chi connectivity index (χ0n) is 9.22. The van der Waals surface area contributed by atoms with E-state index >= 15 is 0 Å². The Bertz CT molecular complexity index is 521. The molecule has 5 nitrogen and oxygen atoms in total. The van der Waals surface area contributed by atoms with Crippen molar-refractivity contribution >= 4 is 23.3 Å². The Kier molecular flexibility index (Phi) is 3.39. The number of aromatic nitrogens is 3. The predicted octanol–water partition coefficient (Wildman–Crippen LogP) is 1.88. The summed E-state index contributed by atoms with van der Waals surface area (Å²) >= 11 is 5.76. The zero-order chi connectivity index (χ0) is 12.3. The van der Waals surface area contributed by atoms with Crippen LogP contribution in [0.4, 0.5) is 5.82 Å². The van der Waals surface area contributed by atoms with Gasteiger partial charge in [-0.25, -0.2) is 9.97 Å². The monoisotopic (exact) mass is 250 g/mol. The third-order valence-electron chi connectivity index (χ3n) is 2.16. The lowest BCUT2D eigenvalue weighted by Gasteiger charge is -2.05. The second-order valence-electron chi connectivity index (χ2n) is 3.59. The first kappa shape index (κ1) is 11.6. The van der Waals surface area contributed by atoms with Gasteiger partial charge in [-0.15, -0.1) is 0 Å². The Morgan fingerprint density at radius 1 is 1.47 bits per heavy atom. The molecule has 2 aromatic rings. The van der Waals surface area contributed by atoms with Gasteiger partial charge < -0.3 is 9.88 Å². The summed E-state index contributed by atoms with van der Waals surface area (Å²) in [7, 11) is 0. The van der Waals surface area contributed by atoms with E-state index in [2.05, 4.69) is 15.3 Å². The Balaban J connectivity index is 1.98. The maximum absolute atomic E-state index is 11.7. The van der Waals surface area contributed by atoms with Crippen LogP contribution in [0.25, 0.3) is 0 Å². The molecule has 0 aliphatic rings. The highest BCUT2D eigenvalue weighted by Gasteiger charge is 2.06. The molecule has 0 radical (unpaired) electrons. The molecule has 0 saturated heterocycles. The van der Waals surface area contributed by atoms with Crippen LogP contribution >= 0.6 is 11.6 Å². The Hall–Kier alpha value is -1.88. The van der Waals surface area contributed by atoms with Gasteiger partial charge >= 0.3 is 0 Å². The molecule has 2 rings (SSSR count). The van der Waals surface area contributed by atoms with Crippen molar-refractivity contribution in [2.75, 3.05) is 5.32 Å². The fourth-order valence-corrected chi connectivity index (χ4v) is 1.48. The number of hydrogen-bond acceptors (Lipinski definition) is 3. The number of nitrogens with zero attached hydrogens (tertiary/aromatic N) is 3. The lowest BCUT2D eigenvalue weighted by Crippen LogP contribution is -2.19. The summed E-state index contributed by atoms with van der Waals surface area (Å²) in [6.07, 6.45) is 4.88. The zero-order valence-corrected chi connectivity index (χ0v) is 9.98. The van der Waals surface area contributed by atoms with E-state index < -0.39 is 0 Å². The number of amides is 1. The number of rotatable bonds is 3. The maximum atomic E-state index is 11.7. The second-order valence-corrected chi connectivity index (χ2v) is 3.93. The molecule has 0 aliphatic heterocycles. The Morgan fingerprint density at radius 3 is 2.88 bits per heavy atom. The van der Waals surface area contributed by atoms with Crippen LogP contribution in [0.5, 0.6) is 0 Å². The minimum absolute atomic E-state index is 0.119. The number of nitrogens with one attached hydrogen (secondary N) is 1. The van der Waals surface area contributed by atoms with E-state index in [0.29, 0.717) is 5.82 Å². The highest BCUT2D eigenvalue weighted by molar-refractivity contribution is 6.28. The lowest BCUT2D eigenvalue weighted by molar-refractivity contribution is -0.116. The number of halogens is 1. The molecule has 1 amide bonds. The normalized spacial score (nSPS) is 10.2. The van der Waals surface area contributed by atoms with Crippen LogP contribution in [0, 0.1) is 6.92 Å². The topological polar surface area (TPSA) is 59.8 Å². The molecule has 0 bridgehead atoms. The van der Waals surface area contributed by atoms with E-state index in [1.165, 1.54) is 0 Å². The summed E-state index contributed by atoms with van der Waals surface area (Å²) in [5.41, 5.74) is 1.04.